The Bertz CT molecular complexity index is 580. The Hall–Kier alpha value is -1.95. The van der Waals surface area contributed by atoms with Crippen LogP contribution in [0.15, 0.2) is 24.3 Å². The molecule has 0 aliphatic rings. The highest BCUT2D eigenvalue weighted by molar-refractivity contribution is 7.18. The molecule has 1 amide bonds. The Morgan fingerprint density at radius 2 is 2.05 bits per heavy atom. The molecular formula is C14H17N3O2S. The Labute approximate surface area is 122 Å². The molecule has 1 atom stereocenters. The molecule has 1 aromatic heterocycles. The molecule has 20 heavy (non-hydrogen) atoms. The Morgan fingerprint density at radius 3 is 2.65 bits per heavy atom. The molecule has 1 aromatic carbocycles. The van der Waals surface area contributed by atoms with E-state index >= 15 is 0 Å². The van der Waals surface area contributed by atoms with E-state index < -0.39 is 0 Å². The lowest BCUT2D eigenvalue weighted by atomic mass is 10.1. The number of anilines is 1. The van der Waals surface area contributed by atoms with Crippen LogP contribution in [0.5, 0.6) is 5.75 Å². The van der Waals surface area contributed by atoms with Gasteiger partial charge in [0.25, 0.3) is 0 Å². The quantitative estimate of drug-likeness (QED) is 0.918. The molecule has 0 fully saturated rings. The summed E-state index contributed by atoms with van der Waals surface area (Å²) >= 11 is 1.36. The second-order valence-electron chi connectivity index (χ2n) is 4.44. The molecular weight excluding hydrogens is 274 g/mol. The molecule has 2 rings (SSSR count). The van der Waals surface area contributed by atoms with Crippen molar-refractivity contribution in [2.24, 2.45) is 5.92 Å². The van der Waals surface area contributed by atoms with Gasteiger partial charge in [-0.25, -0.2) is 0 Å². The van der Waals surface area contributed by atoms with Crippen molar-refractivity contribution < 1.29 is 9.53 Å². The van der Waals surface area contributed by atoms with Gasteiger partial charge in [0.05, 0.1) is 7.11 Å². The van der Waals surface area contributed by atoms with Gasteiger partial charge in [-0.1, -0.05) is 25.2 Å². The van der Waals surface area contributed by atoms with Crippen LogP contribution in [0, 0.1) is 5.92 Å². The van der Waals surface area contributed by atoms with Crippen molar-refractivity contribution in [3.05, 3.63) is 24.3 Å². The highest BCUT2D eigenvalue weighted by Crippen LogP contribution is 2.28. The summed E-state index contributed by atoms with van der Waals surface area (Å²) in [5, 5.41) is 12.2. The van der Waals surface area contributed by atoms with E-state index in [9.17, 15) is 4.79 Å². The fourth-order valence-electron chi connectivity index (χ4n) is 1.54. The maximum absolute atomic E-state index is 11.8. The number of hydrogen-bond donors (Lipinski definition) is 1. The van der Waals surface area contributed by atoms with E-state index in [2.05, 4.69) is 15.5 Å². The van der Waals surface area contributed by atoms with E-state index in [1.165, 1.54) is 11.3 Å². The van der Waals surface area contributed by atoms with Crippen LogP contribution in [-0.4, -0.2) is 23.2 Å². The van der Waals surface area contributed by atoms with Gasteiger partial charge in [0.15, 0.2) is 0 Å². The molecule has 0 bridgehead atoms. The first kappa shape index (κ1) is 14.5. The molecule has 0 spiro atoms. The average molecular weight is 291 g/mol. The van der Waals surface area contributed by atoms with Crippen molar-refractivity contribution in [3.8, 4) is 16.3 Å². The largest absolute Gasteiger partial charge is 0.497 e. The van der Waals surface area contributed by atoms with Crippen LogP contribution in [0.2, 0.25) is 0 Å². The van der Waals surface area contributed by atoms with Crippen LogP contribution >= 0.6 is 11.3 Å². The second kappa shape index (κ2) is 6.47. The molecule has 0 aliphatic heterocycles. The first-order valence-electron chi connectivity index (χ1n) is 6.42. The van der Waals surface area contributed by atoms with E-state index in [1.807, 2.05) is 38.1 Å². The maximum Gasteiger partial charge on any atom is 0.229 e. The predicted molar refractivity (Wildman–Crippen MR) is 80.0 cm³/mol. The number of nitrogens with zero attached hydrogens (tertiary/aromatic N) is 2. The van der Waals surface area contributed by atoms with Crippen LogP contribution in [-0.2, 0) is 4.79 Å². The normalized spacial score (nSPS) is 11.9. The topological polar surface area (TPSA) is 64.1 Å². The summed E-state index contributed by atoms with van der Waals surface area (Å²) in [5.74, 6) is 0.747. The third-order valence-corrected chi connectivity index (χ3v) is 3.94. The van der Waals surface area contributed by atoms with E-state index in [1.54, 1.807) is 7.11 Å². The molecule has 0 radical (unpaired) electrons. The summed E-state index contributed by atoms with van der Waals surface area (Å²) in [6.45, 7) is 3.87. The van der Waals surface area contributed by atoms with E-state index in [0.29, 0.717) is 5.13 Å². The molecule has 2 aromatic rings. The second-order valence-corrected chi connectivity index (χ2v) is 5.42. The van der Waals surface area contributed by atoms with Gasteiger partial charge in [-0.05, 0) is 30.7 Å². The minimum atomic E-state index is -0.0247. The van der Waals surface area contributed by atoms with Gasteiger partial charge in [0, 0.05) is 11.5 Å². The summed E-state index contributed by atoms with van der Waals surface area (Å²) in [4.78, 5) is 11.8. The average Bonchev–Trinajstić information content (AvgIpc) is 2.94. The lowest BCUT2D eigenvalue weighted by Gasteiger charge is -2.06. The number of amides is 1. The highest BCUT2D eigenvalue weighted by Gasteiger charge is 2.14. The van der Waals surface area contributed by atoms with Crippen molar-refractivity contribution in [2.75, 3.05) is 12.4 Å². The Morgan fingerprint density at radius 1 is 1.35 bits per heavy atom. The third kappa shape index (κ3) is 3.33. The molecule has 1 heterocycles. The summed E-state index contributed by atoms with van der Waals surface area (Å²) in [6, 6.07) is 7.57. The van der Waals surface area contributed by atoms with Crippen LogP contribution in [0.3, 0.4) is 0 Å². The maximum atomic E-state index is 11.8. The number of ether oxygens (including phenoxy) is 1. The van der Waals surface area contributed by atoms with E-state index in [-0.39, 0.29) is 11.8 Å². The molecule has 1 N–H and O–H groups in total. The van der Waals surface area contributed by atoms with Crippen molar-refractivity contribution in [2.45, 2.75) is 20.3 Å². The SMILES string of the molecule is CC[C@@H](C)C(=O)Nc1nnc(-c2ccc(OC)cc2)s1. The van der Waals surface area contributed by atoms with Gasteiger partial charge in [-0.3, -0.25) is 4.79 Å². The summed E-state index contributed by atoms with van der Waals surface area (Å²) in [6.07, 6.45) is 0.802. The molecule has 0 aliphatic carbocycles. The van der Waals surface area contributed by atoms with Crippen molar-refractivity contribution in [1.29, 1.82) is 0 Å². The van der Waals surface area contributed by atoms with Gasteiger partial charge >= 0.3 is 0 Å². The zero-order valence-electron chi connectivity index (χ0n) is 11.7. The lowest BCUT2D eigenvalue weighted by Crippen LogP contribution is -2.19. The van der Waals surface area contributed by atoms with Crippen LogP contribution in [0.1, 0.15) is 20.3 Å². The smallest absolute Gasteiger partial charge is 0.229 e. The zero-order valence-corrected chi connectivity index (χ0v) is 12.5. The van der Waals surface area contributed by atoms with Crippen molar-refractivity contribution >= 4 is 22.4 Å². The monoisotopic (exact) mass is 291 g/mol. The predicted octanol–water partition coefficient (Wildman–Crippen LogP) is 3.20. The van der Waals surface area contributed by atoms with Gasteiger partial charge in [-0.2, -0.15) is 0 Å². The van der Waals surface area contributed by atoms with Crippen LogP contribution < -0.4 is 10.1 Å². The fourth-order valence-corrected chi connectivity index (χ4v) is 2.29. The molecule has 0 saturated heterocycles. The standard InChI is InChI=1S/C14H17N3O2S/c1-4-9(2)12(18)15-14-17-16-13(20-14)10-5-7-11(19-3)8-6-10/h5-9H,4H2,1-3H3,(H,15,17,18)/t9-/m1/s1. The molecule has 6 heteroatoms. The third-order valence-electron chi connectivity index (χ3n) is 3.05. The summed E-state index contributed by atoms with van der Waals surface area (Å²) in [5.41, 5.74) is 0.951. The molecule has 0 unspecified atom stereocenters. The summed E-state index contributed by atoms with van der Waals surface area (Å²) < 4.78 is 5.11. The number of benzene rings is 1. The van der Waals surface area contributed by atoms with Crippen molar-refractivity contribution in [1.82, 2.24) is 10.2 Å². The summed E-state index contributed by atoms with van der Waals surface area (Å²) in [7, 11) is 1.63. The lowest BCUT2D eigenvalue weighted by molar-refractivity contribution is -0.119. The number of aromatic nitrogens is 2. The number of hydrogen-bond acceptors (Lipinski definition) is 5. The number of carbonyl (C=O) groups is 1. The van der Waals surface area contributed by atoms with Crippen LogP contribution in [0.25, 0.3) is 10.6 Å². The molecule has 106 valence electrons. The van der Waals surface area contributed by atoms with Gasteiger partial charge in [0.1, 0.15) is 10.8 Å². The van der Waals surface area contributed by atoms with Gasteiger partial charge < -0.3 is 10.1 Å². The van der Waals surface area contributed by atoms with Gasteiger partial charge in [0.2, 0.25) is 11.0 Å². The Balaban J connectivity index is 2.10. The van der Waals surface area contributed by atoms with Gasteiger partial charge in [-0.15, -0.1) is 10.2 Å². The number of methoxy groups -OCH3 is 1. The number of rotatable bonds is 5. The minimum absolute atomic E-state index is 0.0232. The molecule has 0 saturated carbocycles. The fraction of sp³-hybridized carbons (Fsp3) is 0.357. The molecule has 5 nitrogen and oxygen atoms in total. The minimum Gasteiger partial charge on any atom is -0.497 e. The zero-order chi connectivity index (χ0) is 14.5. The first-order chi connectivity index (χ1) is 9.63. The van der Waals surface area contributed by atoms with E-state index in [0.717, 1.165) is 22.7 Å². The van der Waals surface area contributed by atoms with Crippen LogP contribution in [0.4, 0.5) is 5.13 Å². The first-order valence-corrected chi connectivity index (χ1v) is 7.24. The number of carbonyl (C=O) groups excluding carboxylic acids is 1. The Kier molecular flexibility index (Phi) is 4.68. The van der Waals surface area contributed by atoms with E-state index in [4.69, 9.17) is 4.74 Å². The van der Waals surface area contributed by atoms with Crippen molar-refractivity contribution in [3.63, 3.8) is 0 Å². The number of nitrogens with one attached hydrogen (secondary N) is 1. The highest BCUT2D eigenvalue weighted by atomic mass is 32.1.